The Balaban J connectivity index is 0.000000195. The lowest BCUT2D eigenvalue weighted by molar-refractivity contribution is -0.384. The van der Waals surface area contributed by atoms with Crippen molar-refractivity contribution in [1.29, 1.82) is 0 Å². The Hall–Kier alpha value is -5.48. The maximum absolute atomic E-state index is 12.4. The van der Waals surface area contributed by atoms with Gasteiger partial charge in [-0.3, -0.25) is 34.4 Å². The minimum Gasteiger partial charge on any atom is -0.298 e. The number of hydrogen-bond donors (Lipinski definition) is 0. The van der Waals surface area contributed by atoms with Gasteiger partial charge in [-0.1, -0.05) is 72.3 Å². The Labute approximate surface area is 238 Å². The largest absolute Gasteiger partial charge is 0.298 e. The van der Waals surface area contributed by atoms with E-state index in [2.05, 4.69) is 4.98 Å². The average Bonchev–Trinajstić information content (AvgIpc) is 3.42. The average molecular weight is 569 g/mol. The lowest BCUT2D eigenvalue weighted by atomic mass is 10.0. The van der Waals surface area contributed by atoms with Crippen LogP contribution in [0.15, 0.2) is 109 Å². The third-order valence-corrected chi connectivity index (χ3v) is 6.32. The van der Waals surface area contributed by atoms with E-state index in [9.17, 15) is 29.8 Å². The summed E-state index contributed by atoms with van der Waals surface area (Å²) in [5.41, 5.74) is 1.49. The van der Waals surface area contributed by atoms with Crippen molar-refractivity contribution in [3.8, 4) is 5.69 Å². The molecule has 0 fully saturated rings. The summed E-state index contributed by atoms with van der Waals surface area (Å²) in [6.07, 6.45) is 3.22. The topological polar surface area (TPSA) is 138 Å². The van der Waals surface area contributed by atoms with E-state index < -0.39 is 9.85 Å². The van der Waals surface area contributed by atoms with Gasteiger partial charge >= 0.3 is 0 Å². The first kappa shape index (κ1) is 28.5. The smallest absolute Gasteiger partial charge is 0.293 e. The Morgan fingerprint density at radius 1 is 0.707 bits per heavy atom. The summed E-state index contributed by atoms with van der Waals surface area (Å²) >= 11 is 5.69. The van der Waals surface area contributed by atoms with Gasteiger partial charge in [0.25, 0.3) is 11.4 Å². The standard InChI is InChI=1S/C17H13N3O3.C13H8ClNO3/c1-12-18-9-10-19(12)15-8-7-14(11-16(15)20(22)23)17(21)13-5-3-2-4-6-13;14-11-7-6-10(8-12(11)15(17)18)13(16)9-4-2-1-3-5-9/h2-11H,1H3;1-8H. The van der Waals surface area contributed by atoms with Gasteiger partial charge in [0.15, 0.2) is 11.6 Å². The van der Waals surface area contributed by atoms with Crippen LogP contribution in [-0.4, -0.2) is 31.0 Å². The van der Waals surface area contributed by atoms with Gasteiger partial charge in [0.2, 0.25) is 0 Å². The molecule has 0 aliphatic heterocycles. The molecule has 0 aliphatic carbocycles. The van der Waals surface area contributed by atoms with E-state index >= 15 is 0 Å². The zero-order chi connectivity index (χ0) is 29.5. The quantitative estimate of drug-likeness (QED) is 0.119. The predicted molar refractivity (Wildman–Crippen MR) is 153 cm³/mol. The molecule has 1 aromatic heterocycles. The number of imidazole rings is 1. The number of aryl methyl sites for hydroxylation is 1. The van der Waals surface area contributed by atoms with Gasteiger partial charge in [0, 0.05) is 46.8 Å². The van der Waals surface area contributed by atoms with E-state index in [4.69, 9.17) is 11.6 Å². The van der Waals surface area contributed by atoms with Crippen LogP contribution in [0, 0.1) is 27.2 Å². The molecule has 0 N–H and O–H groups in total. The Morgan fingerprint density at radius 2 is 1.20 bits per heavy atom. The number of nitro groups is 2. The Morgan fingerprint density at radius 3 is 1.66 bits per heavy atom. The molecule has 0 spiro atoms. The summed E-state index contributed by atoms with van der Waals surface area (Å²) in [6, 6.07) is 25.8. The van der Waals surface area contributed by atoms with Gasteiger partial charge in [-0.15, -0.1) is 0 Å². The number of carbonyl (C=O) groups excluding carboxylic acids is 2. The molecule has 4 aromatic carbocycles. The van der Waals surface area contributed by atoms with Crippen molar-refractivity contribution in [3.05, 3.63) is 163 Å². The molecular formula is C30H21ClN4O6. The molecule has 0 saturated carbocycles. The van der Waals surface area contributed by atoms with Gasteiger partial charge in [-0.2, -0.15) is 0 Å². The molecule has 5 rings (SSSR count). The van der Waals surface area contributed by atoms with Gasteiger partial charge < -0.3 is 0 Å². The first-order valence-electron chi connectivity index (χ1n) is 12.1. The second kappa shape index (κ2) is 12.6. The Kier molecular flexibility index (Phi) is 8.75. The maximum Gasteiger partial charge on any atom is 0.293 e. The zero-order valence-corrected chi connectivity index (χ0v) is 22.3. The molecule has 0 aliphatic rings. The number of ketones is 2. The van der Waals surface area contributed by atoms with Crippen LogP contribution < -0.4 is 0 Å². The number of hydrogen-bond acceptors (Lipinski definition) is 7. The van der Waals surface area contributed by atoms with E-state index in [1.165, 1.54) is 24.3 Å². The van der Waals surface area contributed by atoms with Crippen LogP contribution in [0.3, 0.4) is 0 Å². The molecule has 0 saturated heterocycles. The molecule has 5 aromatic rings. The number of carbonyl (C=O) groups is 2. The van der Waals surface area contributed by atoms with Gasteiger partial charge in [-0.05, 0) is 31.2 Å². The van der Waals surface area contributed by atoms with Crippen LogP contribution in [0.4, 0.5) is 11.4 Å². The van der Waals surface area contributed by atoms with Crippen molar-refractivity contribution >= 4 is 34.5 Å². The van der Waals surface area contributed by atoms with Crippen molar-refractivity contribution in [2.45, 2.75) is 6.92 Å². The predicted octanol–water partition coefficient (Wildman–Crippen LogP) is 6.80. The summed E-state index contributed by atoms with van der Waals surface area (Å²) < 4.78 is 1.62. The van der Waals surface area contributed by atoms with Crippen LogP contribution >= 0.6 is 11.6 Å². The molecule has 41 heavy (non-hydrogen) atoms. The molecule has 0 unspecified atom stereocenters. The molecule has 0 bridgehead atoms. The summed E-state index contributed by atoms with van der Waals surface area (Å²) in [4.78, 5) is 49.6. The molecule has 0 radical (unpaired) electrons. The summed E-state index contributed by atoms with van der Waals surface area (Å²) in [6.45, 7) is 1.76. The van der Waals surface area contributed by atoms with Crippen molar-refractivity contribution in [1.82, 2.24) is 9.55 Å². The fourth-order valence-electron chi connectivity index (χ4n) is 3.95. The highest BCUT2D eigenvalue weighted by molar-refractivity contribution is 6.32. The van der Waals surface area contributed by atoms with Crippen LogP contribution in [0.2, 0.25) is 5.02 Å². The van der Waals surface area contributed by atoms with Crippen molar-refractivity contribution in [2.24, 2.45) is 0 Å². The van der Waals surface area contributed by atoms with Crippen molar-refractivity contribution in [3.63, 3.8) is 0 Å². The number of halogens is 1. The third kappa shape index (κ3) is 6.57. The number of benzene rings is 4. The molecule has 0 atom stereocenters. The summed E-state index contributed by atoms with van der Waals surface area (Å²) in [5, 5.41) is 22.2. The third-order valence-electron chi connectivity index (χ3n) is 6.00. The number of nitro benzene ring substituents is 2. The molecule has 1 heterocycles. The summed E-state index contributed by atoms with van der Waals surface area (Å²) in [5.74, 6) is 0.119. The molecule has 11 heteroatoms. The Bertz CT molecular complexity index is 1750. The van der Waals surface area contributed by atoms with E-state index in [1.807, 2.05) is 6.07 Å². The minimum atomic E-state index is -0.607. The first-order valence-corrected chi connectivity index (χ1v) is 12.5. The lowest BCUT2D eigenvalue weighted by Crippen LogP contribution is -2.06. The minimum absolute atomic E-state index is 0.0182. The molecule has 0 amide bonds. The van der Waals surface area contributed by atoms with Gasteiger partial charge in [0.1, 0.15) is 16.5 Å². The lowest BCUT2D eigenvalue weighted by Gasteiger charge is -2.08. The zero-order valence-electron chi connectivity index (χ0n) is 21.5. The fourth-order valence-corrected chi connectivity index (χ4v) is 4.14. The normalized spacial score (nSPS) is 10.3. The molecule has 10 nitrogen and oxygen atoms in total. The number of nitrogens with zero attached hydrogens (tertiary/aromatic N) is 4. The number of aromatic nitrogens is 2. The molecular weight excluding hydrogens is 548 g/mol. The highest BCUT2D eigenvalue weighted by Crippen LogP contribution is 2.27. The number of rotatable bonds is 7. The van der Waals surface area contributed by atoms with E-state index in [0.29, 0.717) is 22.6 Å². The van der Waals surface area contributed by atoms with Crippen LogP contribution in [0.5, 0.6) is 0 Å². The van der Waals surface area contributed by atoms with E-state index in [-0.39, 0.29) is 39.1 Å². The van der Waals surface area contributed by atoms with Gasteiger partial charge in [-0.25, -0.2) is 4.98 Å². The van der Waals surface area contributed by atoms with Crippen LogP contribution in [0.1, 0.15) is 37.7 Å². The van der Waals surface area contributed by atoms with Crippen molar-refractivity contribution in [2.75, 3.05) is 0 Å². The SMILES string of the molecule is Cc1nccn1-c1ccc(C(=O)c2ccccc2)cc1[N+](=O)[O-].O=C(c1ccccc1)c1ccc(Cl)c([N+](=O)[O-])c1. The van der Waals surface area contributed by atoms with E-state index in [0.717, 1.165) is 0 Å². The van der Waals surface area contributed by atoms with E-state index in [1.54, 1.807) is 90.6 Å². The second-order valence-electron chi connectivity index (χ2n) is 8.62. The monoisotopic (exact) mass is 568 g/mol. The highest BCUT2D eigenvalue weighted by atomic mass is 35.5. The second-order valence-corrected chi connectivity index (χ2v) is 9.03. The van der Waals surface area contributed by atoms with Gasteiger partial charge in [0.05, 0.1) is 9.85 Å². The first-order chi connectivity index (χ1) is 19.7. The van der Waals surface area contributed by atoms with Crippen LogP contribution in [-0.2, 0) is 0 Å². The highest BCUT2D eigenvalue weighted by Gasteiger charge is 2.20. The maximum atomic E-state index is 12.4. The molecule has 204 valence electrons. The van der Waals surface area contributed by atoms with Crippen molar-refractivity contribution < 1.29 is 19.4 Å². The summed E-state index contributed by atoms with van der Waals surface area (Å²) in [7, 11) is 0. The fraction of sp³-hybridized carbons (Fsp3) is 0.0333. The van der Waals surface area contributed by atoms with Crippen LogP contribution in [0.25, 0.3) is 5.69 Å².